The van der Waals surface area contributed by atoms with Crippen LogP contribution in [-0.4, -0.2) is 49.7 Å². The number of aromatic nitrogens is 4. The molecule has 1 amide bonds. The maximum absolute atomic E-state index is 11.7. The number of benzene rings is 1. The van der Waals surface area contributed by atoms with Gasteiger partial charge in [-0.2, -0.15) is 15.3 Å². The number of rotatable bonds is 7. The van der Waals surface area contributed by atoms with Gasteiger partial charge in [0.05, 0.1) is 23.7 Å². The van der Waals surface area contributed by atoms with E-state index in [9.17, 15) is 10.1 Å². The number of amides is 1. The van der Waals surface area contributed by atoms with Gasteiger partial charge in [0.25, 0.3) is 0 Å². The largest absolute Gasteiger partial charge is 0.488 e. The van der Waals surface area contributed by atoms with E-state index >= 15 is 0 Å². The third-order valence-electron chi connectivity index (χ3n) is 6.74. The molecule has 192 valence electrons. The van der Waals surface area contributed by atoms with Crippen molar-refractivity contribution in [3.63, 3.8) is 0 Å². The lowest BCUT2D eigenvalue weighted by molar-refractivity contribution is -0.129. The van der Waals surface area contributed by atoms with Crippen LogP contribution in [0.1, 0.15) is 55.3 Å². The van der Waals surface area contributed by atoms with E-state index in [1.807, 2.05) is 4.90 Å². The van der Waals surface area contributed by atoms with Crippen LogP contribution in [0.2, 0.25) is 5.02 Å². The first-order chi connectivity index (χ1) is 17.8. The van der Waals surface area contributed by atoms with Crippen LogP contribution in [0.25, 0.3) is 0 Å². The monoisotopic (exact) mass is 520 g/mol. The average Bonchev–Trinajstić information content (AvgIpc) is 3.62. The number of hydrogen-bond donors (Lipinski definition) is 2. The molecule has 11 heteroatoms. The maximum Gasteiger partial charge on any atom is 0.229 e. The summed E-state index contributed by atoms with van der Waals surface area (Å²) < 4.78 is 7.83. The van der Waals surface area contributed by atoms with Gasteiger partial charge in [0.1, 0.15) is 16.8 Å². The summed E-state index contributed by atoms with van der Waals surface area (Å²) in [5, 5.41) is 20.2. The van der Waals surface area contributed by atoms with Crippen LogP contribution in [0.4, 0.5) is 23.1 Å². The fourth-order valence-corrected chi connectivity index (χ4v) is 4.77. The van der Waals surface area contributed by atoms with E-state index in [0.29, 0.717) is 28.4 Å². The summed E-state index contributed by atoms with van der Waals surface area (Å²) in [6, 6.07) is 6.26. The summed E-state index contributed by atoms with van der Waals surface area (Å²) in [5.41, 5.74) is 3.93. The van der Waals surface area contributed by atoms with Crippen molar-refractivity contribution in [1.82, 2.24) is 24.6 Å². The quantitative estimate of drug-likeness (QED) is 0.455. The van der Waals surface area contributed by atoms with Crippen LogP contribution in [0.15, 0.2) is 24.5 Å². The topological polar surface area (TPSA) is 121 Å². The van der Waals surface area contributed by atoms with E-state index in [0.717, 1.165) is 55.8 Å². The predicted octanol–water partition coefficient (Wildman–Crippen LogP) is 4.80. The molecule has 2 aliphatic rings. The molecule has 1 saturated heterocycles. The fraction of sp³-hybridized carbons (Fsp3) is 0.423. The van der Waals surface area contributed by atoms with Crippen molar-refractivity contribution in [2.45, 2.75) is 51.6 Å². The van der Waals surface area contributed by atoms with Gasteiger partial charge in [-0.05, 0) is 61.8 Å². The Morgan fingerprint density at radius 1 is 1.19 bits per heavy atom. The standard InChI is InChI=1S/C26H29ClN8O2/c1-15-10-21(24(37-18-4-5-18)11-19(15)17-6-8-35(9-7-17)16(2)36)31-26-29-13-20(27)25(32-26)30-23-14-34(3)33-22(23)12-28/h10-11,13-14,17-18H,4-9H2,1-3H3,(H2,29,30,31,32). The Labute approximate surface area is 220 Å². The molecule has 1 aromatic carbocycles. The van der Waals surface area contributed by atoms with Crippen molar-refractivity contribution in [3.05, 3.63) is 46.4 Å². The molecule has 2 N–H and O–H groups in total. The predicted molar refractivity (Wildman–Crippen MR) is 141 cm³/mol. The Morgan fingerprint density at radius 2 is 1.95 bits per heavy atom. The number of nitriles is 1. The molecule has 2 fully saturated rings. The lowest BCUT2D eigenvalue weighted by Gasteiger charge is -2.32. The first kappa shape index (κ1) is 24.8. The molecule has 0 unspecified atom stereocenters. The Kier molecular flexibility index (Phi) is 6.89. The summed E-state index contributed by atoms with van der Waals surface area (Å²) in [6.07, 6.45) is 7.36. The van der Waals surface area contributed by atoms with E-state index < -0.39 is 0 Å². The normalized spacial score (nSPS) is 15.8. The zero-order valence-electron chi connectivity index (χ0n) is 21.1. The van der Waals surface area contributed by atoms with Crippen molar-refractivity contribution in [2.75, 3.05) is 23.7 Å². The van der Waals surface area contributed by atoms with Gasteiger partial charge in [-0.3, -0.25) is 9.48 Å². The molecular weight excluding hydrogens is 492 g/mol. The van der Waals surface area contributed by atoms with E-state index in [-0.39, 0.29) is 17.7 Å². The second-order valence-electron chi connectivity index (χ2n) is 9.62. The number of nitrogens with one attached hydrogen (secondary N) is 2. The number of piperidine rings is 1. The SMILES string of the molecule is CC(=O)N1CCC(c2cc(OC3CC3)c(Nc3ncc(Cl)c(Nc4cn(C)nc4C#N)n3)cc2C)CC1. The van der Waals surface area contributed by atoms with Crippen molar-refractivity contribution in [3.8, 4) is 11.8 Å². The molecule has 10 nitrogen and oxygen atoms in total. The van der Waals surface area contributed by atoms with Gasteiger partial charge in [0.2, 0.25) is 11.9 Å². The number of halogens is 1. The maximum atomic E-state index is 11.7. The third-order valence-corrected chi connectivity index (χ3v) is 7.02. The molecule has 37 heavy (non-hydrogen) atoms. The fourth-order valence-electron chi connectivity index (χ4n) is 4.64. The third kappa shape index (κ3) is 5.62. The van der Waals surface area contributed by atoms with Gasteiger partial charge in [-0.25, -0.2) is 4.98 Å². The van der Waals surface area contributed by atoms with Gasteiger partial charge in [-0.1, -0.05) is 11.6 Å². The smallest absolute Gasteiger partial charge is 0.229 e. The highest BCUT2D eigenvalue weighted by Crippen LogP contribution is 2.40. The van der Waals surface area contributed by atoms with Crippen molar-refractivity contribution >= 4 is 40.6 Å². The number of carbonyl (C=O) groups is 1. The number of nitrogens with zero attached hydrogens (tertiary/aromatic N) is 6. The molecule has 2 aromatic heterocycles. The second kappa shape index (κ2) is 10.3. The van der Waals surface area contributed by atoms with Gasteiger partial charge in [0.15, 0.2) is 11.5 Å². The minimum atomic E-state index is 0.136. The van der Waals surface area contributed by atoms with E-state index in [2.05, 4.69) is 50.8 Å². The summed E-state index contributed by atoms with van der Waals surface area (Å²) in [4.78, 5) is 22.6. The molecule has 1 aliphatic carbocycles. The molecule has 1 aliphatic heterocycles. The number of aryl methyl sites for hydroxylation is 2. The number of likely N-dealkylation sites (tertiary alicyclic amines) is 1. The number of anilines is 4. The average molecular weight is 521 g/mol. The Bertz CT molecular complexity index is 1370. The first-order valence-corrected chi connectivity index (χ1v) is 12.8. The molecule has 0 atom stereocenters. The van der Waals surface area contributed by atoms with Crippen molar-refractivity contribution in [2.24, 2.45) is 7.05 Å². The van der Waals surface area contributed by atoms with Crippen molar-refractivity contribution in [1.29, 1.82) is 5.26 Å². The summed E-state index contributed by atoms with van der Waals surface area (Å²) in [5.74, 6) is 1.99. The molecule has 3 heterocycles. The molecule has 0 spiro atoms. The molecular formula is C26H29ClN8O2. The molecule has 1 saturated carbocycles. The van der Waals surface area contributed by atoms with E-state index in [4.69, 9.17) is 16.3 Å². The van der Waals surface area contributed by atoms with E-state index in [1.54, 1.807) is 24.9 Å². The van der Waals surface area contributed by atoms with Crippen molar-refractivity contribution < 1.29 is 9.53 Å². The Morgan fingerprint density at radius 3 is 2.62 bits per heavy atom. The Hall–Kier alpha value is -3.84. The van der Waals surface area contributed by atoms with E-state index in [1.165, 1.54) is 11.8 Å². The molecule has 0 bridgehead atoms. The lowest BCUT2D eigenvalue weighted by atomic mass is 9.86. The highest BCUT2D eigenvalue weighted by atomic mass is 35.5. The van der Waals surface area contributed by atoms with Gasteiger partial charge in [0, 0.05) is 33.3 Å². The van der Waals surface area contributed by atoms with Gasteiger partial charge < -0.3 is 20.3 Å². The molecule has 0 radical (unpaired) electrons. The molecule has 3 aromatic rings. The zero-order chi connectivity index (χ0) is 26.1. The zero-order valence-corrected chi connectivity index (χ0v) is 21.8. The lowest BCUT2D eigenvalue weighted by Crippen LogP contribution is -2.36. The summed E-state index contributed by atoms with van der Waals surface area (Å²) in [7, 11) is 1.74. The number of carbonyl (C=O) groups excluding carboxylic acids is 1. The van der Waals surface area contributed by atoms with Crippen LogP contribution in [-0.2, 0) is 11.8 Å². The highest BCUT2D eigenvalue weighted by Gasteiger charge is 2.28. The first-order valence-electron chi connectivity index (χ1n) is 12.4. The Balaban J connectivity index is 1.40. The summed E-state index contributed by atoms with van der Waals surface area (Å²) >= 11 is 6.35. The minimum Gasteiger partial charge on any atom is -0.488 e. The van der Waals surface area contributed by atoms with Gasteiger partial charge >= 0.3 is 0 Å². The van der Waals surface area contributed by atoms with Crippen LogP contribution in [0, 0.1) is 18.3 Å². The highest BCUT2D eigenvalue weighted by molar-refractivity contribution is 6.32. The number of ether oxygens (including phenoxy) is 1. The van der Waals surface area contributed by atoms with Crippen LogP contribution in [0.5, 0.6) is 5.75 Å². The second-order valence-corrected chi connectivity index (χ2v) is 10.0. The van der Waals surface area contributed by atoms with Gasteiger partial charge in [-0.15, -0.1) is 0 Å². The molecule has 5 rings (SSSR count). The minimum absolute atomic E-state index is 0.136. The van der Waals surface area contributed by atoms with Crippen LogP contribution >= 0.6 is 11.6 Å². The van der Waals surface area contributed by atoms with Crippen LogP contribution < -0.4 is 15.4 Å². The number of hydrogen-bond acceptors (Lipinski definition) is 8. The van der Waals surface area contributed by atoms with Crippen LogP contribution in [0.3, 0.4) is 0 Å². The summed E-state index contributed by atoms with van der Waals surface area (Å²) in [6.45, 7) is 5.28.